The van der Waals surface area contributed by atoms with Crippen LogP contribution in [0.2, 0.25) is 0 Å². The van der Waals surface area contributed by atoms with Gasteiger partial charge in [-0.3, -0.25) is 4.79 Å². The Bertz CT molecular complexity index is 498. The lowest BCUT2D eigenvalue weighted by molar-refractivity contribution is -0.141. The van der Waals surface area contributed by atoms with Crippen molar-refractivity contribution in [2.45, 2.75) is 63.9 Å². The van der Waals surface area contributed by atoms with Gasteiger partial charge < -0.3 is 9.64 Å². The van der Waals surface area contributed by atoms with Gasteiger partial charge in [0.2, 0.25) is 0 Å². The van der Waals surface area contributed by atoms with Crippen molar-refractivity contribution in [3.63, 3.8) is 0 Å². The van der Waals surface area contributed by atoms with Gasteiger partial charge in [0.15, 0.2) is 6.10 Å². The Morgan fingerprint density at radius 3 is 2.65 bits per heavy atom. The van der Waals surface area contributed by atoms with Crippen LogP contribution in [0.5, 0.6) is 5.75 Å². The molecule has 0 aromatic heterocycles. The van der Waals surface area contributed by atoms with Gasteiger partial charge in [0.25, 0.3) is 5.91 Å². The van der Waals surface area contributed by atoms with Crippen molar-refractivity contribution in [3.8, 4) is 5.75 Å². The molecule has 128 valence electrons. The van der Waals surface area contributed by atoms with E-state index in [4.69, 9.17) is 4.74 Å². The van der Waals surface area contributed by atoms with E-state index < -0.39 is 6.10 Å². The number of ether oxygens (including phenoxy) is 1. The van der Waals surface area contributed by atoms with Crippen LogP contribution in [0.4, 0.5) is 0 Å². The van der Waals surface area contributed by atoms with Crippen molar-refractivity contribution in [1.82, 2.24) is 4.90 Å². The van der Waals surface area contributed by atoms with E-state index >= 15 is 0 Å². The first-order valence-electron chi connectivity index (χ1n) is 8.53. The van der Waals surface area contributed by atoms with Gasteiger partial charge in [0.1, 0.15) is 5.75 Å². The molecule has 2 atom stereocenters. The molecule has 1 saturated heterocycles. The van der Waals surface area contributed by atoms with Gasteiger partial charge in [-0.1, -0.05) is 39.0 Å². The summed E-state index contributed by atoms with van der Waals surface area (Å²) in [6.45, 7) is 9.41. The van der Waals surface area contributed by atoms with Gasteiger partial charge >= 0.3 is 0 Å². The van der Waals surface area contributed by atoms with Gasteiger partial charge in [0.05, 0.1) is 0 Å². The Labute approximate surface area is 144 Å². The zero-order valence-electron chi connectivity index (χ0n) is 14.7. The fourth-order valence-electron chi connectivity index (χ4n) is 2.80. The molecule has 0 bridgehead atoms. The van der Waals surface area contributed by atoms with Crippen molar-refractivity contribution in [2.24, 2.45) is 0 Å². The van der Waals surface area contributed by atoms with Crippen LogP contribution in [-0.2, 0) is 4.79 Å². The standard InChI is InChI=1S/C19H29NO2S/c1-15(22-17-11-6-5-7-12-17)18(21)20-13-9-8-10-16(20)14-23-19(2,3)4/h5-7,11-12,15-16H,8-10,13-14H2,1-4H3/t15-,16-/m0/s1. The van der Waals surface area contributed by atoms with E-state index in [1.807, 2.05) is 49.0 Å². The van der Waals surface area contributed by atoms with Crippen LogP contribution in [0.15, 0.2) is 30.3 Å². The highest BCUT2D eigenvalue weighted by Gasteiger charge is 2.31. The summed E-state index contributed by atoms with van der Waals surface area (Å²) >= 11 is 1.94. The first-order valence-corrected chi connectivity index (χ1v) is 9.51. The highest BCUT2D eigenvalue weighted by molar-refractivity contribution is 8.00. The number of hydrogen-bond donors (Lipinski definition) is 0. The van der Waals surface area contributed by atoms with Gasteiger partial charge in [-0.05, 0) is 38.3 Å². The Morgan fingerprint density at radius 1 is 1.30 bits per heavy atom. The second-order valence-electron chi connectivity index (χ2n) is 7.18. The summed E-state index contributed by atoms with van der Waals surface area (Å²) in [5.74, 6) is 1.88. The largest absolute Gasteiger partial charge is 0.481 e. The predicted molar refractivity (Wildman–Crippen MR) is 98.1 cm³/mol. The summed E-state index contributed by atoms with van der Waals surface area (Å²) in [5.41, 5.74) is 0. The highest BCUT2D eigenvalue weighted by Crippen LogP contribution is 2.29. The van der Waals surface area contributed by atoms with Gasteiger partial charge in [0, 0.05) is 23.1 Å². The maximum absolute atomic E-state index is 12.8. The Kier molecular flexibility index (Phi) is 6.40. The zero-order chi connectivity index (χ0) is 16.9. The fraction of sp³-hybridized carbons (Fsp3) is 0.632. The number of nitrogens with zero attached hydrogens (tertiary/aromatic N) is 1. The normalized spacial score (nSPS) is 20.2. The monoisotopic (exact) mass is 335 g/mol. The van der Waals surface area contributed by atoms with Crippen molar-refractivity contribution in [3.05, 3.63) is 30.3 Å². The fourth-order valence-corrected chi connectivity index (χ4v) is 3.84. The molecule has 3 nitrogen and oxygen atoms in total. The van der Waals surface area contributed by atoms with E-state index in [1.165, 1.54) is 6.42 Å². The number of para-hydroxylation sites is 1. The maximum atomic E-state index is 12.8. The molecule has 23 heavy (non-hydrogen) atoms. The summed E-state index contributed by atoms with van der Waals surface area (Å²) in [4.78, 5) is 14.9. The molecule has 0 saturated carbocycles. The summed E-state index contributed by atoms with van der Waals surface area (Å²) in [5, 5.41) is 0. The Morgan fingerprint density at radius 2 is 2.00 bits per heavy atom. The lowest BCUT2D eigenvalue weighted by atomic mass is 10.0. The molecule has 1 fully saturated rings. The summed E-state index contributed by atoms with van der Waals surface area (Å²) < 4.78 is 6.06. The molecule has 0 radical (unpaired) electrons. The average molecular weight is 336 g/mol. The van der Waals surface area contributed by atoms with E-state index in [-0.39, 0.29) is 10.7 Å². The minimum atomic E-state index is -0.433. The minimum absolute atomic E-state index is 0.119. The maximum Gasteiger partial charge on any atom is 0.263 e. The zero-order valence-corrected chi connectivity index (χ0v) is 15.6. The van der Waals surface area contributed by atoms with Crippen molar-refractivity contribution >= 4 is 17.7 Å². The third-order valence-corrected chi connectivity index (χ3v) is 5.44. The number of rotatable bonds is 5. The van der Waals surface area contributed by atoms with E-state index in [2.05, 4.69) is 25.7 Å². The molecular weight excluding hydrogens is 306 g/mol. The Balaban J connectivity index is 1.96. The lowest BCUT2D eigenvalue weighted by Crippen LogP contribution is -2.50. The number of carbonyl (C=O) groups excluding carboxylic acids is 1. The molecule has 1 amide bonds. The van der Waals surface area contributed by atoms with Crippen LogP contribution in [0.1, 0.15) is 47.0 Å². The molecule has 1 heterocycles. The van der Waals surface area contributed by atoms with Crippen LogP contribution >= 0.6 is 11.8 Å². The quantitative estimate of drug-likeness (QED) is 0.800. The van der Waals surface area contributed by atoms with Crippen molar-refractivity contribution < 1.29 is 9.53 Å². The van der Waals surface area contributed by atoms with Gasteiger partial charge in [-0.2, -0.15) is 11.8 Å². The van der Waals surface area contributed by atoms with Crippen LogP contribution in [-0.4, -0.2) is 40.0 Å². The van der Waals surface area contributed by atoms with Crippen molar-refractivity contribution in [1.29, 1.82) is 0 Å². The third kappa shape index (κ3) is 5.76. The molecule has 0 spiro atoms. The van der Waals surface area contributed by atoms with Gasteiger partial charge in [-0.25, -0.2) is 0 Å². The summed E-state index contributed by atoms with van der Waals surface area (Å²) in [6.07, 6.45) is 2.98. The first kappa shape index (κ1) is 18.2. The van der Waals surface area contributed by atoms with Crippen LogP contribution in [0.25, 0.3) is 0 Å². The number of carbonyl (C=O) groups is 1. The van der Waals surface area contributed by atoms with Crippen LogP contribution in [0.3, 0.4) is 0 Å². The number of likely N-dealkylation sites (tertiary alicyclic amines) is 1. The minimum Gasteiger partial charge on any atom is -0.481 e. The average Bonchev–Trinajstić information content (AvgIpc) is 2.53. The van der Waals surface area contributed by atoms with Gasteiger partial charge in [-0.15, -0.1) is 0 Å². The topological polar surface area (TPSA) is 29.5 Å². The second-order valence-corrected chi connectivity index (χ2v) is 9.02. The number of thioether (sulfide) groups is 1. The van der Waals surface area contributed by atoms with E-state index in [0.717, 1.165) is 30.9 Å². The van der Waals surface area contributed by atoms with E-state index in [9.17, 15) is 4.79 Å². The second kappa shape index (κ2) is 8.09. The molecule has 1 aromatic rings. The molecule has 0 aliphatic carbocycles. The smallest absolute Gasteiger partial charge is 0.263 e. The summed E-state index contributed by atoms with van der Waals surface area (Å²) in [6, 6.07) is 9.93. The molecular formula is C19H29NO2S. The molecule has 1 aliphatic heterocycles. The van der Waals surface area contributed by atoms with E-state index in [0.29, 0.717) is 6.04 Å². The molecule has 0 unspecified atom stereocenters. The number of piperidine rings is 1. The van der Waals surface area contributed by atoms with E-state index in [1.54, 1.807) is 0 Å². The summed E-state index contributed by atoms with van der Waals surface area (Å²) in [7, 11) is 0. The third-order valence-electron chi connectivity index (χ3n) is 4.02. The molecule has 2 rings (SSSR count). The SMILES string of the molecule is C[C@H](Oc1ccccc1)C(=O)N1CCCC[C@H]1CSC(C)(C)C. The number of hydrogen-bond acceptors (Lipinski definition) is 3. The first-order chi connectivity index (χ1) is 10.9. The number of benzene rings is 1. The highest BCUT2D eigenvalue weighted by atomic mass is 32.2. The van der Waals surface area contributed by atoms with Crippen molar-refractivity contribution in [2.75, 3.05) is 12.3 Å². The number of amides is 1. The lowest BCUT2D eigenvalue weighted by Gasteiger charge is -2.38. The van der Waals surface area contributed by atoms with Crippen LogP contribution < -0.4 is 4.74 Å². The van der Waals surface area contributed by atoms with Crippen LogP contribution in [0, 0.1) is 0 Å². The predicted octanol–water partition coefficient (Wildman–Crippen LogP) is 4.37. The molecule has 1 aliphatic rings. The Hall–Kier alpha value is -1.16. The molecule has 4 heteroatoms. The molecule has 0 N–H and O–H groups in total. The molecule has 1 aromatic carbocycles.